The first kappa shape index (κ1) is 14.9. The van der Waals surface area contributed by atoms with Crippen LogP contribution in [-0.4, -0.2) is 4.98 Å². The average Bonchev–Trinajstić information content (AvgIpc) is 3.06. The van der Waals surface area contributed by atoms with E-state index in [-0.39, 0.29) is 0 Å². The van der Waals surface area contributed by atoms with Crippen molar-refractivity contribution < 1.29 is 4.42 Å². The molecule has 5 rings (SSSR count). The molecule has 0 fully saturated rings. The van der Waals surface area contributed by atoms with E-state index in [2.05, 4.69) is 66.5 Å². The monoisotopic (exact) mass is 334 g/mol. The molecule has 0 aliphatic carbocycles. The molecule has 26 heavy (non-hydrogen) atoms. The van der Waals surface area contributed by atoms with Crippen molar-refractivity contribution >= 4 is 21.9 Å². The Morgan fingerprint density at radius 3 is 2.35 bits per heavy atom. The molecule has 3 aromatic carbocycles. The zero-order valence-corrected chi connectivity index (χ0v) is 14.4. The lowest BCUT2D eigenvalue weighted by molar-refractivity contribution is 0.669. The predicted octanol–water partition coefficient (Wildman–Crippen LogP) is 6.42. The molecule has 5 aromatic rings. The molecule has 0 atom stereocenters. The molecule has 2 aromatic heterocycles. The van der Waals surface area contributed by atoms with Crippen molar-refractivity contribution in [2.75, 3.05) is 0 Å². The molecule has 0 saturated carbocycles. The molecule has 0 bridgehead atoms. The van der Waals surface area contributed by atoms with Gasteiger partial charge in [-0.3, -0.25) is 4.98 Å². The van der Waals surface area contributed by atoms with Gasteiger partial charge in [-0.15, -0.1) is 0 Å². The molecule has 0 unspecified atom stereocenters. The van der Waals surface area contributed by atoms with Crippen LogP contribution in [0.15, 0.2) is 83.5 Å². The molecule has 0 N–H and O–H groups in total. The number of aryl methyl sites for hydroxylation is 1. The molecule has 0 aliphatic rings. The van der Waals surface area contributed by atoms with Gasteiger partial charge in [0.05, 0.1) is 0 Å². The van der Waals surface area contributed by atoms with Crippen molar-refractivity contribution in [3.8, 4) is 22.3 Å². The number of hydrogen-bond donors (Lipinski definition) is 0. The Balaban J connectivity index is 1.74. The van der Waals surface area contributed by atoms with E-state index in [4.69, 9.17) is 4.42 Å². The lowest BCUT2D eigenvalue weighted by atomic mass is 9.99. The van der Waals surface area contributed by atoms with Crippen LogP contribution >= 0.6 is 0 Å². The molecule has 1 radical (unpaired) electrons. The molecule has 123 valence electrons. The molecule has 0 aliphatic heterocycles. The minimum Gasteiger partial charge on any atom is -0.456 e. The summed E-state index contributed by atoms with van der Waals surface area (Å²) in [5, 5.41) is 2.27. The second kappa shape index (κ2) is 5.85. The minimum atomic E-state index is 0.909. The SMILES string of the molecule is Cc1cnccc1-c1ccc2oc3ccc(-c4c[c]ccc4)cc3c2c1. The van der Waals surface area contributed by atoms with E-state index < -0.39 is 0 Å². The summed E-state index contributed by atoms with van der Waals surface area (Å²) >= 11 is 0. The van der Waals surface area contributed by atoms with Gasteiger partial charge in [-0.1, -0.05) is 30.3 Å². The van der Waals surface area contributed by atoms with Crippen LogP contribution in [0, 0.1) is 13.0 Å². The Hall–Kier alpha value is -3.39. The van der Waals surface area contributed by atoms with Gasteiger partial charge in [0.1, 0.15) is 11.2 Å². The summed E-state index contributed by atoms with van der Waals surface area (Å²) in [5.74, 6) is 0. The number of aromatic nitrogens is 1. The third-order valence-corrected chi connectivity index (χ3v) is 4.84. The molecular formula is C24H16NO. The number of hydrogen-bond acceptors (Lipinski definition) is 2. The summed E-state index contributed by atoms with van der Waals surface area (Å²) in [4.78, 5) is 4.20. The van der Waals surface area contributed by atoms with E-state index in [0.717, 1.165) is 27.5 Å². The standard InChI is InChI=1S/C24H16NO/c1-16-15-25-12-11-20(16)19-8-10-24-22(14-19)21-13-18(7-9-23(21)26-24)17-5-3-2-4-6-17/h2-3,5-15H,1H3. The van der Waals surface area contributed by atoms with Gasteiger partial charge >= 0.3 is 0 Å². The van der Waals surface area contributed by atoms with Crippen molar-refractivity contribution in [3.63, 3.8) is 0 Å². The largest absolute Gasteiger partial charge is 0.456 e. The van der Waals surface area contributed by atoms with Crippen LogP contribution in [0.25, 0.3) is 44.2 Å². The normalized spacial score (nSPS) is 11.3. The Bertz CT molecular complexity index is 1240. The first-order valence-electron chi connectivity index (χ1n) is 8.63. The van der Waals surface area contributed by atoms with E-state index in [1.807, 2.05) is 30.6 Å². The number of rotatable bonds is 2. The molecule has 0 spiro atoms. The van der Waals surface area contributed by atoms with Gasteiger partial charge in [0, 0.05) is 23.2 Å². The van der Waals surface area contributed by atoms with E-state index in [0.29, 0.717) is 0 Å². The van der Waals surface area contributed by atoms with E-state index in [9.17, 15) is 0 Å². The van der Waals surface area contributed by atoms with Crippen LogP contribution in [0.4, 0.5) is 0 Å². The van der Waals surface area contributed by atoms with Crippen LogP contribution in [0.5, 0.6) is 0 Å². The topological polar surface area (TPSA) is 26.0 Å². The summed E-state index contributed by atoms with van der Waals surface area (Å²) in [6.45, 7) is 2.09. The summed E-state index contributed by atoms with van der Waals surface area (Å²) in [5.41, 5.74) is 7.69. The fraction of sp³-hybridized carbons (Fsp3) is 0.0417. The molecule has 0 saturated heterocycles. The van der Waals surface area contributed by atoms with Gasteiger partial charge in [0.2, 0.25) is 0 Å². The highest BCUT2D eigenvalue weighted by Crippen LogP contribution is 2.35. The van der Waals surface area contributed by atoms with E-state index in [1.165, 1.54) is 22.3 Å². The van der Waals surface area contributed by atoms with E-state index in [1.54, 1.807) is 0 Å². The lowest BCUT2D eigenvalue weighted by Crippen LogP contribution is -1.84. The van der Waals surface area contributed by atoms with Gasteiger partial charge in [-0.25, -0.2) is 0 Å². The van der Waals surface area contributed by atoms with Crippen LogP contribution < -0.4 is 0 Å². The molecule has 2 heterocycles. The minimum absolute atomic E-state index is 0.909. The Kier molecular flexibility index (Phi) is 3.36. The number of fused-ring (bicyclic) bond motifs is 3. The number of furan rings is 1. The number of benzene rings is 3. The first-order chi connectivity index (χ1) is 12.8. The van der Waals surface area contributed by atoms with Gasteiger partial charge in [0.25, 0.3) is 0 Å². The third kappa shape index (κ3) is 2.39. The predicted molar refractivity (Wildman–Crippen MR) is 106 cm³/mol. The summed E-state index contributed by atoms with van der Waals surface area (Å²) in [7, 11) is 0. The highest BCUT2D eigenvalue weighted by molar-refractivity contribution is 6.07. The highest BCUT2D eigenvalue weighted by atomic mass is 16.3. The molecule has 2 nitrogen and oxygen atoms in total. The third-order valence-electron chi connectivity index (χ3n) is 4.84. The summed E-state index contributed by atoms with van der Waals surface area (Å²) in [6, 6.07) is 26.0. The van der Waals surface area contributed by atoms with Crippen molar-refractivity contribution in [2.45, 2.75) is 6.92 Å². The number of nitrogens with zero attached hydrogens (tertiary/aromatic N) is 1. The van der Waals surface area contributed by atoms with Crippen molar-refractivity contribution in [3.05, 3.63) is 90.8 Å². The second-order valence-corrected chi connectivity index (χ2v) is 6.51. The van der Waals surface area contributed by atoms with Gasteiger partial charge in [-0.2, -0.15) is 0 Å². The maximum Gasteiger partial charge on any atom is 0.135 e. The van der Waals surface area contributed by atoms with E-state index >= 15 is 0 Å². The van der Waals surface area contributed by atoms with Crippen molar-refractivity contribution in [2.24, 2.45) is 0 Å². The fourth-order valence-electron chi connectivity index (χ4n) is 3.49. The Morgan fingerprint density at radius 1 is 0.846 bits per heavy atom. The molecule has 2 heteroatoms. The van der Waals surface area contributed by atoms with Crippen LogP contribution in [0.2, 0.25) is 0 Å². The van der Waals surface area contributed by atoms with Crippen LogP contribution in [0.1, 0.15) is 5.56 Å². The van der Waals surface area contributed by atoms with Crippen LogP contribution in [-0.2, 0) is 0 Å². The maximum atomic E-state index is 6.04. The zero-order valence-electron chi connectivity index (χ0n) is 14.4. The number of pyridine rings is 1. The summed E-state index contributed by atoms with van der Waals surface area (Å²) in [6.07, 6.45) is 3.74. The van der Waals surface area contributed by atoms with Crippen LogP contribution in [0.3, 0.4) is 0 Å². The Morgan fingerprint density at radius 2 is 1.62 bits per heavy atom. The highest BCUT2D eigenvalue weighted by Gasteiger charge is 2.11. The van der Waals surface area contributed by atoms with Crippen molar-refractivity contribution in [1.29, 1.82) is 0 Å². The average molecular weight is 334 g/mol. The van der Waals surface area contributed by atoms with Gasteiger partial charge in [0.15, 0.2) is 0 Å². The van der Waals surface area contributed by atoms with Crippen molar-refractivity contribution in [1.82, 2.24) is 4.98 Å². The lowest BCUT2D eigenvalue weighted by Gasteiger charge is -2.05. The smallest absolute Gasteiger partial charge is 0.135 e. The first-order valence-corrected chi connectivity index (χ1v) is 8.63. The van der Waals surface area contributed by atoms with Gasteiger partial charge in [-0.05, 0) is 77.2 Å². The molecular weight excluding hydrogens is 318 g/mol. The zero-order chi connectivity index (χ0) is 17.5. The van der Waals surface area contributed by atoms with Gasteiger partial charge < -0.3 is 4.42 Å². The summed E-state index contributed by atoms with van der Waals surface area (Å²) < 4.78 is 6.04. The fourth-order valence-corrected chi connectivity index (χ4v) is 3.49. The second-order valence-electron chi connectivity index (χ2n) is 6.51. The Labute approximate surface area is 151 Å². The quantitative estimate of drug-likeness (QED) is 0.372. The maximum absolute atomic E-state index is 6.04. The molecule has 0 amide bonds.